The van der Waals surface area contributed by atoms with Gasteiger partial charge in [-0.2, -0.15) is 0 Å². The molecule has 6 nitrogen and oxygen atoms in total. The summed E-state index contributed by atoms with van der Waals surface area (Å²) in [5.74, 6) is 0. The van der Waals surface area contributed by atoms with Crippen LogP contribution >= 0.6 is 11.3 Å². The molecule has 1 atom stereocenters. The summed E-state index contributed by atoms with van der Waals surface area (Å²) in [4.78, 5) is 15.3. The molecule has 0 spiro atoms. The van der Waals surface area contributed by atoms with Crippen molar-refractivity contribution in [2.75, 3.05) is 18.5 Å². The summed E-state index contributed by atoms with van der Waals surface area (Å²) in [6, 6.07) is 3.50. The zero-order valence-electron chi connectivity index (χ0n) is 11.1. The second kappa shape index (κ2) is 5.34. The van der Waals surface area contributed by atoms with Gasteiger partial charge in [0.2, 0.25) is 0 Å². The molecule has 7 heteroatoms. The van der Waals surface area contributed by atoms with Crippen LogP contribution in [-0.4, -0.2) is 29.2 Å². The first-order valence-electron chi connectivity index (χ1n) is 6.53. The van der Waals surface area contributed by atoms with E-state index in [1.54, 1.807) is 12.1 Å². The van der Waals surface area contributed by atoms with Gasteiger partial charge in [0.15, 0.2) is 0 Å². The van der Waals surface area contributed by atoms with E-state index in [-0.39, 0.29) is 16.7 Å². The van der Waals surface area contributed by atoms with Crippen molar-refractivity contribution >= 4 is 32.9 Å². The van der Waals surface area contributed by atoms with Crippen LogP contribution in [0.4, 0.5) is 11.4 Å². The Hall–Kier alpha value is -1.73. The van der Waals surface area contributed by atoms with E-state index in [0.717, 1.165) is 34.7 Å². The van der Waals surface area contributed by atoms with Crippen molar-refractivity contribution in [2.45, 2.75) is 25.8 Å². The zero-order chi connectivity index (χ0) is 14.1. The fourth-order valence-corrected chi connectivity index (χ4v) is 3.26. The van der Waals surface area contributed by atoms with E-state index in [4.69, 9.17) is 4.74 Å². The molecule has 106 valence electrons. The number of nitrogens with zero attached hydrogens (tertiary/aromatic N) is 2. The number of aryl methyl sites for hydroxylation is 1. The Labute approximate surface area is 119 Å². The van der Waals surface area contributed by atoms with Gasteiger partial charge in [-0.25, -0.2) is 4.98 Å². The number of aromatic nitrogens is 1. The molecule has 0 bridgehead atoms. The molecule has 0 amide bonds. The second-order valence-corrected chi connectivity index (χ2v) is 6.12. The third kappa shape index (κ3) is 2.59. The number of thiazole rings is 1. The highest BCUT2D eigenvalue weighted by atomic mass is 32.1. The van der Waals surface area contributed by atoms with E-state index >= 15 is 0 Å². The largest absolute Gasteiger partial charge is 0.379 e. The van der Waals surface area contributed by atoms with Gasteiger partial charge in [0, 0.05) is 18.7 Å². The Kier molecular flexibility index (Phi) is 3.54. The Morgan fingerprint density at radius 2 is 2.40 bits per heavy atom. The van der Waals surface area contributed by atoms with E-state index in [0.29, 0.717) is 12.3 Å². The zero-order valence-corrected chi connectivity index (χ0v) is 11.9. The number of fused-ring (bicyclic) bond motifs is 1. The molecule has 0 aliphatic carbocycles. The van der Waals surface area contributed by atoms with E-state index in [1.165, 1.54) is 11.3 Å². The molecular weight excluding hydrogens is 278 g/mol. The summed E-state index contributed by atoms with van der Waals surface area (Å²) < 4.78 is 6.25. The third-order valence-electron chi connectivity index (χ3n) is 3.33. The highest BCUT2D eigenvalue weighted by molar-refractivity contribution is 7.18. The minimum absolute atomic E-state index is 0.103. The topological polar surface area (TPSA) is 77.3 Å². The van der Waals surface area contributed by atoms with Gasteiger partial charge in [0.1, 0.15) is 5.69 Å². The van der Waals surface area contributed by atoms with Crippen LogP contribution in [0.3, 0.4) is 0 Å². The molecular formula is C13H15N3O3S. The number of hydrogen-bond donors (Lipinski definition) is 1. The van der Waals surface area contributed by atoms with Gasteiger partial charge in [-0.3, -0.25) is 10.1 Å². The maximum absolute atomic E-state index is 11.2. The van der Waals surface area contributed by atoms with Gasteiger partial charge in [0.05, 0.1) is 26.8 Å². The van der Waals surface area contributed by atoms with Crippen molar-refractivity contribution in [1.29, 1.82) is 0 Å². The lowest BCUT2D eigenvalue weighted by Crippen LogP contribution is -2.30. The smallest absolute Gasteiger partial charge is 0.293 e. The molecule has 1 N–H and O–H groups in total. The first-order valence-corrected chi connectivity index (χ1v) is 7.35. The maximum atomic E-state index is 11.2. The standard InChI is InChI=1S/C13H15N3O3S/c1-8-14-11-5-10(15-9-3-2-4-19-7-9)12(16(17)18)6-13(11)20-8/h5-6,9,15H,2-4,7H2,1H3. The highest BCUT2D eigenvalue weighted by Crippen LogP contribution is 2.33. The summed E-state index contributed by atoms with van der Waals surface area (Å²) in [5.41, 5.74) is 1.44. The van der Waals surface area contributed by atoms with Crippen LogP contribution in [0.25, 0.3) is 10.2 Å². The van der Waals surface area contributed by atoms with Crippen LogP contribution in [-0.2, 0) is 4.74 Å². The van der Waals surface area contributed by atoms with Crippen LogP contribution < -0.4 is 5.32 Å². The molecule has 1 saturated heterocycles. The minimum atomic E-state index is -0.347. The maximum Gasteiger partial charge on any atom is 0.293 e. The first-order chi connectivity index (χ1) is 9.63. The first kappa shape index (κ1) is 13.3. The Morgan fingerprint density at radius 3 is 3.10 bits per heavy atom. The molecule has 1 unspecified atom stereocenters. The quantitative estimate of drug-likeness (QED) is 0.695. The third-order valence-corrected chi connectivity index (χ3v) is 4.26. The summed E-state index contributed by atoms with van der Waals surface area (Å²) in [6.07, 6.45) is 1.94. The van der Waals surface area contributed by atoms with Gasteiger partial charge in [0.25, 0.3) is 5.69 Å². The van der Waals surface area contributed by atoms with Crippen molar-refractivity contribution in [3.63, 3.8) is 0 Å². The fraction of sp³-hybridized carbons (Fsp3) is 0.462. The highest BCUT2D eigenvalue weighted by Gasteiger charge is 2.21. The Bertz CT molecular complexity index is 650. The summed E-state index contributed by atoms with van der Waals surface area (Å²) in [5, 5.41) is 15.4. The molecule has 1 aliphatic rings. The van der Waals surface area contributed by atoms with Crippen LogP contribution in [0.1, 0.15) is 17.8 Å². The summed E-state index contributed by atoms with van der Waals surface area (Å²) in [7, 11) is 0. The monoisotopic (exact) mass is 293 g/mol. The lowest BCUT2D eigenvalue weighted by atomic mass is 10.1. The van der Waals surface area contributed by atoms with Crippen molar-refractivity contribution < 1.29 is 9.66 Å². The second-order valence-electron chi connectivity index (χ2n) is 4.89. The van der Waals surface area contributed by atoms with Crippen molar-refractivity contribution in [1.82, 2.24) is 4.98 Å². The fourth-order valence-electron chi connectivity index (χ4n) is 2.42. The molecule has 1 aliphatic heterocycles. The predicted octanol–water partition coefficient (Wildman–Crippen LogP) is 3.10. The minimum Gasteiger partial charge on any atom is -0.379 e. The number of benzene rings is 1. The number of anilines is 1. The van der Waals surface area contributed by atoms with Crippen LogP contribution in [0.5, 0.6) is 0 Å². The van der Waals surface area contributed by atoms with E-state index in [2.05, 4.69) is 10.3 Å². The molecule has 20 heavy (non-hydrogen) atoms. The molecule has 2 heterocycles. The van der Waals surface area contributed by atoms with Crippen molar-refractivity contribution in [3.8, 4) is 0 Å². The molecule has 0 radical (unpaired) electrons. The van der Waals surface area contributed by atoms with Crippen LogP contribution in [0.2, 0.25) is 0 Å². The predicted molar refractivity (Wildman–Crippen MR) is 78.5 cm³/mol. The average Bonchev–Trinajstić information content (AvgIpc) is 2.78. The van der Waals surface area contributed by atoms with Crippen molar-refractivity contribution in [2.24, 2.45) is 0 Å². The molecule has 1 aromatic heterocycles. The molecule has 1 fully saturated rings. The van der Waals surface area contributed by atoms with E-state index in [1.807, 2.05) is 6.92 Å². The van der Waals surface area contributed by atoms with E-state index in [9.17, 15) is 10.1 Å². The number of nitrogens with one attached hydrogen (secondary N) is 1. The number of nitro benzene ring substituents is 1. The lowest BCUT2D eigenvalue weighted by molar-refractivity contribution is -0.383. The van der Waals surface area contributed by atoms with E-state index < -0.39 is 0 Å². The lowest BCUT2D eigenvalue weighted by Gasteiger charge is -2.23. The van der Waals surface area contributed by atoms with Gasteiger partial charge >= 0.3 is 0 Å². The van der Waals surface area contributed by atoms with Gasteiger partial charge < -0.3 is 10.1 Å². The molecule has 1 aromatic carbocycles. The molecule has 3 rings (SSSR count). The average molecular weight is 293 g/mol. The number of rotatable bonds is 3. The molecule has 2 aromatic rings. The SMILES string of the molecule is Cc1nc2cc(NC3CCCOC3)c([N+](=O)[O-])cc2s1. The summed E-state index contributed by atoms with van der Waals surface area (Å²) in [6.45, 7) is 3.26. The normalized spacial score (nSPS) is 19.1. The van der Waals surface area contributed by atoms with Gasteiger partial charge in [-0.05, 0) is 25.8 Å². The number of ether oxygens (including phenoxy) is 1. The molecule has 0 saturated carbocycles. The Morgan fingerprint density at radius 1 is 1.55 bits per heavy atom. The van der Waals surface area contributed by atoms with Crippen molar-refractivity contribution in [3.05, 3.63) is 27.3 Å². The Balaban J connectivity index is 1.97. The number of hydrogen-bond acceptors (Lipinski definition) is 6. The summed E-state index contributed by atoms with van der Waals surface area (Å²) >= 11 is 1.47. The number of nitro groups is 1. The van der Waals surface area contributed by atoms with Crippen LogP contribution in [0, 0.1) is 17.0 Å². The van der Waals surface area contributed by atoms with Gasteiger partial charge in [-0.1, -0.05) is 0 Å². The van der Waals surface area contributed by atoms with Gasteiger partial charge in [-0.15, -0.1) is 11.3 Å². The van der Waals surface area contributed by atoms with Crippen LogP contribution in [0.15, 0.2) is 12.1 Å².